The van der Waals surface area contributed by atoms with Crippen LogP contribution in [-0.2, 0) is 0 Å². The lowest BCUT2D eigenvalue weighted by Gasteiger charge is -2.07. The van der Waals surface area contributed by atoms with Crippen LogP contribution in [0.25, 0.3) is 22.3 Å². The van der Waals surface area contributed by atoms with E-state index >= 15 is 0 Å². The average Bonchev–Trinajstić information content (AvgIpc) is 2.49. The van der Waals surface area contributed by atoms with Gasteiger partial charge in [-0.3, -0.25) is 0 Å². The maximum atomic E-state index is 14.3. The summed E-state index contributed by atoms with van der Waals surface area (Å²) in [6.45, 7) is 0. The molecule has 104 valence electrons. The van der Waals surface area contributed by atoms with E-state index in [9.17, 15) is 9.50 Å². The van der Waals surface area contributed by atoms with E-state index in [1.807, 2.05) is 0 Å². The molecule has 0 saturated heterocycles. The van der Waals surface area contributed by atoms with Gasteiger partial charge in [0.2, 0.25) is 11.8 Å². The fourth-order valence-corrected chi connectivity index (χ4v) is 2.02. The molecule has 0 saturated carbocycles. The van der Waals surface area contributed by atoms with E-state index in [4.69, 9.17) is 5.73 Å². The van der Waals surface area contributed by atoms with E-state index < -0.39 is 5.82 Å². The number of nitrogens with two attached hydrogens (primary N) is 1. The molecule has 6 heteroatoms. The topological polar surface area (TPSA) is 84.9 Å². The molecule has 3 aromatic rings. The Hall–Kier alpha value is -3.02. The minimum atomic E-state index is -0.441. The van der Waals surface area contributed by atoms with Gasteiger partial charge in [0.15, 0.2) is 0 Å². The molecule has 0 amide bonds. The molecule has 0 atom stereocenters. The van der Waals surface area contributed by atoms with Crippen LogP contribution < -0.4 is 5.73 Å². The number of nitrogen functional groups attached to an aromatic ring is 1. The summed E-state index contributed by atoms with van der Waals surface area (Å²) >= 11 is 0. The van der Waals surface area contributed by atoms with Gasteiger partial charge in [-0.05, 0) is 23.8 Å². The smallest absolute Gasteiger partial charge is 0.219 e. The van der Waals surface area contributed by atoms with Crippen molar-refractivity contribution in [3.8, 4) is 28.1 Å². The molecule has 21 heavy (non-hydrogen) atoms. The molecule has 0 spiro atoms. The van der Waals surface area contributed by atoms with Crippen molar-refractivity contribution in [1.82, 2.24) is 15.0 Å². The SMILES string of the molecule is Nc1ncc(-c2ccc(-c3cccnc3O)cc2F)cn1. The summed E-state index contributed by atoms with van der Waals surface area (Å²) in [5, 5.41) is 9.70. The maximum Gasteiger partial charge on any atom is 0.219 e. The van der Waals surface area contributed by atoms with Gasteiger partial charge in [-0.1, -0.05) is 12.1 Å². The van der Waals surface area contributed by atoms with Crippen LogP contribution in [0.4, 0.5) is 10.3 Å². The molecule has 3 N–H and O–H groups in total. The summed E-state index contributed by atoms with van der Waals surface area (Å²) in [5.74, 6) is -0.444. The lowest BCUT2D eigenvalue weighted by Crippen LogP contribution is -1.95. The molecule has 0 aliphatic rings. The van der Waals surface area contributed by atoms with Gasteiger partial charge in [0, 0.05) is 35.3 Å². The zero-order valence-electron chi connectivity index (χ0n) is 10.9. The van der Waals surface area contributed by atoms with Crippen molar-refractivity contribution >= 4 is 5.95 Å². The fourth-order valence-electron chi connectivity index (χ4n) is 2.02. The summed E-state index contributed by atoms with van der Waals surface area (Å²) in [6.07, 6.45) is 4.39. The van der Waals surface area contributed by atoms with Gasteiger partial charge in [0.05, 0.1) is 0 Å². The Morgan fingerprint density at radius 3 is 2.38 bits per heavy atom. The quantitative estimate of drug-likeness (QED) is 0.754. The first-order chi connectivity index (χ1) is 10.1. The number of halogens is 1. The van der Waals surface area contributed by atoms with Crippen molar-refractivity contribution in [1.29, 1.82) is 0 Å². The summed E-state index contributed by atoms with van der Waals surface area (Å²) in [4.78, 5) is 11.5. The lowest BCUT2D eigenvalue weighted by atomic mass is 10.0. The number of aromatic nitrogens is 3. The van der Waals surface area contributed by atoms with Gasteiger partial charge in [0.25, 0.3) is 0 Å². The third-order valence-electron chi connectivity index (χ3n) is 3.05. The Balaban J connectivity index is 2.04. The Labute approximate surface area is 120 Å². The predicted molar refractivity (Wildman–Crippen MR) is 76.7 cm³/mol. The molecule has 0 bridgehead atoms. The number of pyridine rings is 1. The van der Waals surface area contributed by atoms with Crippen molar-refractivity contribution in [2.45, 2.75) is 0 Å². The largest absolute Gasteiger partial charge is 0.493 e. The van der Waals surface area contributed by atoms with Crippen LogP contribution in [-0.4, -0.2) is 20.1 Å². The molecule has 5 nitrogen and oxygen atoms in total. The second-order valence-corrected chi connectivity index (χ2v) is 4.40. The van der Waals surface area contributed by atoms with Crippen LogP contribution in [0.5, 0.6) is 5.88 Å². The van der Waals surface area contributed by atoms with Gasteiger partial charge >= 0.3 is 0 Å². The highest BCUT2D eigenvalue weighted by molar-refractivity contribution is 5.72. The summed E-state index contributed by atoms with van der Waals surface area (Å²) in [5.41, 5.74) is 7.31. The Morgan fingerprint density at radius 2 is 1.71 bits per heavy atom. The number of nitrogens with zero attached hydrogens (tertiary/aromatic N) is 3. The fraction of sp³-hybridized carbons (Fsp3) is 0. The van der Waals surface area contributed by atoms with Gasteiger partial charge < -0.3 is 10.8 Å². The second-order valence-electron chi connectivity index (χ2n) is 4.40. The minimum Gasteiger partial charge on any atom is -0.493 e. The Bertz CT molecular complexity index is 790. The van der Waals surface area contributed by atoms with Crippen LogP contribution in [0.2, 0.25) is 0 Å². The van der Waals surface area contributed by atoms with E-state index in [0.717, 1.165) is 0 Å². The van der Waals surface area contributed by atoms with Crippen molar-refractivity contribution in [3.05, 3.63) is 54.7 Å². The number of benzene rings is 1. The van der Waals surface area contributed by atoms with E-state index in [-0.39, 0.29) is 11.8 Å². The van der Waals surface area contributed by atoms with Gasteiger partial charge in [-0.2, -0.15) is 0 Å². The molecule has 0 fully saturated rings. The molecular formula is C15H11FN4O. The first-order valence-electron chi connectivity index (χ1n) is 6.17. The van der Waals surface area contributed by atoms with E-state index in [2.05, 4.69) is 15.0 Å². The van der Waals surface area contributed by atoms with Gasteiger partial charge in [0.1, 0.15) is 5.82 Å². The second kappa shape index (κ2) is 5.16. The third-order valence-corrected chi connectivity index (χ3v) is 3.05. The highest BCUT2D eigenvalue weighted by Gasteiger charge is 2.10. The summed E-state index contributed by atoms with van der Waals surface area (Å²) < 4.78 is 14.3. The minimum absolute atomic E-state index is 0.135. The van der Waals surface area contributed by atoms with Crippen LogP contribution >= 0.6 is 0 Å². The molecule has 3 rings (SSSR count). The zero-order valence-corrected chi connectivity index (χ0v) is 10.9. The van der Waals surface area contributed by atoms with Crippen LogP contribution in [0, 0.1) is 5.82 Å². The Kier molecular flexibility index (Phi) is 3.19. The van der Waals surface area contributed by atoms with Crippen LogP contribution in [0.15, 0.2) is 48.9 Å². The van der Waals surface area contributed by atoms with E-state index in [0.29, 0.717) is 22.3 Å². The maximum absolute atomic E-state index is 14.3. The lowest BCUT2D eigenvalue weighted by molar-refractivity contribution is 0.455. The summed E-state index contributed by atoms with van der Waals surface area (Å²) in [6, 6.07) is 7.98. The monoisotopic (exact) mass is 282 g/mol. The molecule has 0 aliphatic heterocycles. The van der Waals surface area contributed by atoms with Crippen molar-refractivity contribution in [2.75, 3.05) is 5.73 Å². The number of rotatable bonds is 2. The Morgan fingerprint density at radius 1 is 0.952 bits per heavy atom. The molecule has 0 radical (unpaired) electrons. The molecule has 0 aliphatic carbocycles. The standard InChI is InChI=1S/C15H11FN4O/c16-13-6-9(12-2-1-5-18-14(12)21)3-4-11(13)10-7-19-15(17)20-8-10/h1-8H,(H,18,21)(H2,17,19,20). The first-order valence-corrected chi connectivity index (χ1v) is 6.17. The van der Waals surface area contributed by atoms with Crippen molar-refractivity contribution < 1.29 is 9.50 Å². The van der Waals surface area contributed by atoms with Crippen molar-refractivity contribution in [3.63, 3.8) is 0 Å². The van der Waals surface area contributed by atoms with Crippen LogP contribution in [0.1, 0.15) is 0 Å². The number of anilines is 1. The zero-order chi connectivity index (χ0) is 14.8. The van der Waals surface area contributed by atoms with Crippen molar-refractivity contribution in [2.24, 2.45) is 0 Å². The van der Waals surface area contributed by atoms with Crippen LogP contribution in [0.3, 0.4) is 0 Å². The normalized spacial score (nSPS) is 10.5. The molecular weight excluding hydrogens is 271 g/mol. The van der Waals surface area contributed by atoms with Gasteiger partial charge in [-0.25, -0.2) is 19.3 Å². The number of hydrogen-bond acceptors (Lipinski definition) is 5. The average molecular weight is 282 g/mol. The van der Waals surface area contributed by atoms with E-state index in [1.54, 1.807) is 24.3 Å². The van der Waals surface area contributed by atoms with E-state index in [1.165, 1.54) is 24.7 Å². The first kappa shape index (κ1) is 13.0. The molecule has 0 unspecified atom stereocenters. The molecule has 1 aromatic carbocycles. The highest BCUT2D eigenvalue weighted by atomic mass is 19.1. The number of hydrogen-bond donors (Lipinski definition) is 2. The number of aromatic hydroxyl groups is 1. The summed E-state index contributed by atoms with van der Waals surface area (Å²) in [7, 11) is 0. The molecule has 2 heterocycles. The highest BCUT2D eigenvalue weighted by Crippen LogP contribution is 2.30. The van der Waals surface area contributed by atoms with Gasteiger partial charge in [-0.15, -0.1) is 0 Å². The third kappa shape index (κ3) is 2.51. The molecule has 2 aromatic heterocycles. The predicted octanol–water partition coefficient (Wildman–Crippen LogP) is 2.63.